The van der Waals surface area contributed by atoms with Crippen molar-refractivity contribution in [2.45, 2.75) is 12.6 Å². The molecule has 0 aromatic carbocycles. The Morgan fingerprint density at radius 2 is 2.29 bits per heavy atom. The lowest BCUT2D eigenvalue weighted by atomic mass is 10.2. The van der Waals surface area contributed by atoms with Gasteiger partial charge in [0.25, 0.3) is 5.56 Å². The molecule has 1 atom stereocenters. The van der Waals surface area contributed by atoms with E-state index in [9.17, 15) is 9.90 Å². The summed E-state index contributed by atoms with van der Waals surface area (Å²) >= 11 is 5.71. The number of aliphatic hydroxyl groups is 1. The molecule has 1 unspecified atom stereocenters. The van der Waals surface area contributed by atoms with Crippen LogP contribution in [0, 0.1) is 0 Å². The van der Waals surface area contributed by atoms with Crippen molar-refractivity contribution in [2.24, 2.45) is 0 Å². The fourth-order valence-corrected chi connectivity index (χ4v) is 2.25. The van der Waals surface area contributed by atoms with Gasteiger partial charge in [0.05, 0.1) is 19.3 Å². The third kappa shape index (κ3) is 4.21. The number of nitrogens with zero attached hydrogens (tertiary/aromatic N) is 1. The Hall–Kier alpha value is -1.06. The fraction of sp³-hybridized carbons (Fsp3) is 0.400. The van der Waals surface area contributed by atoms with E-state index >= 15 is 0 Å². The van der Waals surface area contributed by atoms with E-state index in [1.54, 1.807) is 6.20 Å². The van der Waals surface area contributed by atoms with Crippen molar-refractivity contribution in [2.75, 3.05) is 13.2 Å². The molecular formula is C10H14ClN4O5P. The molecule has 6 N–H and O–H groups in total. The first-order valence-electron chi connectivity index (χ1n) is 5.92. The van der Waals surface area contributed by atoms with Crippen molar-refractivity contribution in [3.05, 3.63) is 27.4 Å². The molecule has 0 fully saturated rings. The summed E-state index contributed by atoms with van der Waals surface area (Å²) in [7, 11) is -2.46. The molecule has 21 heavy (non-hydrogen) atoms. The summed E-state index contributed by atoms with van der Waals surface area (Å²) in [4.78, 5) is 38.2. The van der Waals surface area contributed by atoms with Gasteiger partial charge in [-0.1, -0.05) is 0 Å². The molecule has 0 aliphatic rings. The maximum absolute atomic E-state index is 11.6. The van der Waals surface area contributed by atoms with Crippen LogP contribution < -0.4 is 10.9 Å². The van der Waals surface area contributed by atoms with Crippen LogP contribution >= 0.6 is 20.2 Å². The second-order valence-corrected chi connectivity index (χ2v) is 5.32. The molecule has 2 heterocycles. The summed E-state index contributed by atoms with van der Waals surface area (Å²) in [6.07, 6.45) is 1.61. The summed E-state index contributed by atoms with van der Waals surface area (Å²) < 4.78 is 4.64. The smallest absolute Gasteiger partial charge is 0.327 e. The lowest BCUT2D eigenvalue weighted by Crippen LogP contribution is -2.35. The second kappa shape index (κ2) is 7.28. The largest absolute Gasteiger partial charge is 0.395 e. The first-order chi connectivity index (χ1) is 10.0. The van der Waals surface area contributed by atoms with Crippen LogP contribution in [-0.2, 0) is 11.1 Å². The van der Waals surface area contributed by atoms with Gasteiger partial charge in [-0.25, -0.2) is 4.98 Å². The number of hydrogen-bond donors (Lipinski definition) is 6. The summed E-state index contributed by atoms with van der Waals surface area (Å²) in [5.74, 6) is 0. The van der Waals surface area contributed by atoms with E-state index in [0.717, 1.165) is 0 Å². The highest BCUT2D eigenvalue weighted by Crippen LogP contribution is 2.24. The Kier molecular flexibility index (Phi) is 5.65. The zero-order valence-electron chi connectivity index (χ0n) is 10.7. The number of aromatic nitrogens is 3. The van der Waals surface area contributed by atoms with Crippen LogP contribution in [0.5, 0.6) is 0 Å². The minimum absolute atomic E-state index is 0.0124. The van der Waals surface area contributed by atoms with Gasteiger partial charge in [0.15, 0.2) is 0 Å². The van der Waals surface area contributed by atoms with E-state index in [1.807, 2.05) is 0 Å². The van der Waals surface area contributed by atoms with E-state index < -0.39 is 14.6 Å². The van der Waals surface area contributed by atoms with Crippen molar-refractivity contribution in [1.29, 1.82) is 0 Å². The molecule has 2 aromatic rings. The number of aromatic amines is 2. The van der Waals surface area contributed by atoms with E-state index in [-0.39, 0.29) is 30.6 Å². The molecule has 0 bridgehead atoms. The Balaban J connectivity index is 2.07. The number of nitrogens with one attached hydrogen (secondary N) is 3. The number of H-pyrrole nitrogens is 2. The summed E-state index contributed by atoms with van der Waals surface area (Å²) in [5.41, 5.74) is 1.05. The Bertz CT molecular complexity index is 660. The standard InChI is InChI=1S/C10H14ClN4O5P/c11-10-14-7-5(2-13-8(7)9(17)15-10)1-12-6(3-16)4-20-21(18)19/h2,6,12-13,16,18-19H,1,3-4H2,(H,14,15,17). The molecule has 2 aromatic heterocycles. The minimum Gasteiger partial charge on any atom is -0.395 e. The maximum atomic E-state index is 11.6. The van der Waals surface area contributed by atoms with E-state index in [4.69, 9.17) is 21.4 Å². The zero-order valence-corrected chi connectivity index (χ0v) is 12.4. The molecule has 116 valence electrons. The van der Waals surface area contributed by atoms with Gasteiger partial charge in [-0.2, -0.15) is 0 Å². The van der Waals surface area contributed by atoms with Crippen LogP contribution in [0.2, 0.25) is 5.28 Å². The van der Waals surface area contributed by atoms with Gasteiger partial charge in [-0.3, -0.25) is 9.78 Å². The first kappa shape index (κ1) is 16.3. The van der Waals surface area contributed by atoms with Crippen molar-refractivity contribution in [3.63, 3.8) is 0 Å². The summed E-state index contributed by atoms with van der Waals surface area (Å²) in [5, 5.41) is 12.1. The fourth-order valence-electron chi connectivity index (χ4n) is 1.76. The van der Waals surface area contributed by atoms with E-state index in [1.165, 1.54) is 0 Å². The molecule has 0 aliphatic carbocycles. The quantitative estimate of drug-likeness (QED) is 0.298. The Labute approximate surface area is 124 Å². The van der Waals surface area contributed by atoms with Crippen molar-refractivity contribution in [1.82, 2.24) is 20.3 Å². The molecular weight excluding hydrogens is 323 g/mol. The van der Waals surface area contributed by atoms with E-state index in [0.29, 0.717) is 16.6 Å². The van der Waals surface area contributed by atoms with Crippen LogP contribution in [0.1, 0.15) is 5.56 Å². The second-order valence-electron chi connectivity index (χ2n) is 4.20. The van der Waals surface area contributed by atoms with Crippen molar-refractivity contribution >= 4 is 31.2 Å². The Morgan fingerprint density at radius 1 is 1.52 bits per heavy atom. The normalized spacial score (nSPS) is 13.2. The highest BCUT2D eigenvalue weighted by atomic mass is 35.5. The van der Waals surface area contributed by atoms with Gasteiger partial charge >= 0.3 is 8.60 Å². The molecule has 0 saturated carbocycles. The third-order valence-corrected chi connectivity index (χ3v) is 3.34. The minimum atomic E-state index is -2.46. The number of aliphatic hydroxyl groups excluding tert-OH is 1. The predicted octanol–water partition coefficient (Wildman–Crippen LogP) is -0.417. The molecule has 2 rings (SSSR count). The summed E-state index contributed by atoms with van der Waals surface area (Å²) in [6.45, 7) is -0.0250. The average molecular weight is 337 g/mol. The number of halogens is 1. The van der Waals surface area contributed by atoms with Crippen molar-refractivity contribution < 1.29 is 19.4 Å². The average Bonchev–Trinajstić information content (AvgIpc) is 2.82. The molecule has 0 spiro atoms. The van der Waals surface area contributed by atoms with Gasteiger partial charge < -0.3 is 29.7 Å². The monoisotopic (exact) mass is 336 g/mol. The highest BCUT2D eigenvalue weighted by Gasteiger charge is 2.13. The molecule has 0 saturated heterocycles. The number of fused-ring (bicyclic) bond motifs is 1. The number of hydrogen-bond acceptors (Lipinski definition) is 7. The lowest BCUT2D eigenvalue weighted by molar-refractivity contribution is 0.168. The number of rotatable bonds is 7. The van der Waals surface area contributed by atoms with Crippen LogP contribution in [0.3, 0.4) is 0 Å². The lowest BCUT2D eigenvalue weighted by Gasteiger charge is -2.16. The van der Waals surface area contributed by atoms with Crippen LogP contribution in [-0.4, -0.2) is 49.1 Å². The third-order valence-electron chi connectivity index (χ3n) is 2.78. The predicted molar refractivity (Wildman–Crippen MR) is 76.7 cm³/mol. The Morgan fingerprint density at radius 3 is 2.95 bits per heavy atom. The molecule has 11 heteroatoms. The first-order valence-corrected chi connectivity index (χ1v) is 7.46. The molecule has 0 radical (unpaired) electrons. The van der Waals surface area contributed by atoms with Gasteiger partial charge in [0, 0.05) is 18.3 Å². The van der Waals surface area contributed by atoms with Crippen LogP contribution in [0.4, 0.5) is 0 Å². The van der Waals surface area contributed by atoms with Crippen LogP contribution in [0.15, 0.2) is 11.0 Å². The highest BCUT2D eigenvalue weighted by molar-refractivity contribution is 7.39. The van der Waals surface area contributed by atoms with Crippen LogP contribution in [0.25, 0.3) is 11.0 Å². The van der Waals surface area contributed by atoms with E-state index in [2.05, 4.69) is 24.8 Å². The van der Waals surface area contributed by atoms with Gasteiger partial charge in [-0.05, 0) is 11.6 Å². The van der Waals surface area contributed by atoms with Gasteiger partial charge in [-0.15, -0.1) is 0 Å². The summed E-state index contributed by atoms with van der Waals surface area (Å²) in [6, 6.07) is -0.489. The van der Waals surface area contributed by atoms with Gasteiger partial charge in [0.1, 0.15) is 11.0 Å². The SMILES string of the molecule is O=c1[nH]c(Cl)nc2c(CNC(CO)COP(O)O)c[nH]c12. The van der Waals surface area contributed by atoms with Crippen molar-refractivity contribution in [3.8, 4) is 0 Å². The zero-order chi connectivity index (χ0) is 15.4. The molecule has 9 nitrogen and oxygen atoms in total. The molecule has 0 amide bonds. The maximum Gasteiger partial charge on any atom is 0.327 e. The topological polar surface area (TPSA) is 143 Å². The van der Waals surface area contributed by atoms with Gasteiger partial charge in [0.2, 0.25) is 5.28 Å². The molecule has 0 aliphatic heterocycles.